The molecule has 0 spiro atoms. The van der Waals surface area contributed by atoms with Crippen LogP contribution in [0.25, 0.3) is 10.9 Å². The van der Waals surface area contributed by atoms with E-state index >= 15 is 0 Å². The average molecular weight is 372 g/mol. The Kier molecular flexibility index (Phi) is 6.33. The van der Waals surface area contributed by atoms with Crippen molar-refractivity contribution < 1.29 is 19.1 Å². The number of nitrogens with one attached hydrogen (secondary N) is 2. The molecule has 0 aliphatic carbocycles. The highest BCUT2D eigenvalue weighted by atomic mass is 16.6. The van der Waals surface area contributed by atoms with Crippen LogP contribution < -0.4 is 15.5 Å². The van der Waals surface area contributed by atoms with Gasteiger partial charge in [0.1, 0.15) is 17.4 Å². The highest BCUT2D eigenvalue weighted by molar-refractivity contribution is 5.88. The number of rotatable bonds is 5. The number of fused-ring (bicyclic) bond motifs is 1. The number of amides is 2. The van der Waals surface area contributed by atoms with Gasteiger partial charge in [-0.05, 0) is 52.0 Å². The first-order valence-electron chi connectivity index (χ1n) is 8.45. The fourth-order valence-electron chi connectivity index (χ4n) is 2.13. The summed E-state index contributed by atoms with van der Waals surface area (Å²) in [6.07, 6.45) is 0.766. The first kappa shape index (κ1) is 20.2. The Bertz CT molecular complexity index is 858. The van der Waals surface area contributed by atoms with Crippen LogP contribution in [0.3, 0.4) is 0 Å². The fraction of sp³-hybridized carbons (Fsp3) is 0.368. The van der Waals surface area contributed by atoms with E-state index in [1.54, 1.807) is 33.9 Å². The average Bonchev–Trinajstić information content (AvgIpc) is 2.59. The largest absolute Gasteiger partial charge is 0.497 e. The minimum absolute atomic E-state index is 0.470. The molecule has 1 heterocycles. The van der Waals surface area contributed by atoms with Gasteiger partial charge in [-0.25, -0.2) is 15.2 Å². The molecule has 1 aromatic heterocycles. The predicted molar refractivity (Wildman–Crippen MR) is 103 cm³/mol. The number of alkyl carbamates (subject to hydrolysis) is 1. The van der Waals surface area contributed by atoms with Gasteiger partial charge in [-0.2, -0.15) is 5.10 Å². The van der Waals surface area contributed by atoms with Crippen LogP contribution in [0.1, 0.15) is 33.4 Å². The molecule has 1 atom stereocenters. The van der Waals surface area contributed by atoms with Crippen molar-refractivity contribution in [2.45, 2.75) is 39.3 Å². The van der Waals surface area contributed by atoms with Crippen LogP contribution in [0.4, 0.5) is 4.79 Å². The Hall–Kier alpha value is -3.16. The fourth-order valence-corrected chi connectivity index (χ4v) is 2.13. The number of hydrogen-bond donors (Lipinski definition) is 2. The molecule has 0 fully saturated rings. The van der Waals surface area contributed by atoms with Crippen molar-refractivity contribution in [2.75, 3.05) is 7.11 Å². The minimum Gasteiger partial charge on any atom is -0.497 e. The van der Waals surface area contributed by atoms with E-state index in [1.165, 1.54) is 13.1 Å². The van der Waals surface area contributed by atoms with E-state index < -0.39 is 23.6 Å². The summed E-state index contributed by atoms with van der Waals surface area (Å²) in [6.45, 7) is 6.77. The monoisotopic (exact) mass is 372 g/mol. The lowest BCUT2D eigenvalue weighted by Crippen LogP contribution is -2.45. The third kappa shape index (κ3) is 6.25. The molecule has 0 saturated heterocycles. The molecule has 2 amide bonds. The number of hydrogen-bond acceptors (Lipinski definition) is 6. The second-order valence-electron chi connectivity index (χ2n) is 6.90. The van der Waals surface area contributed by atoms with Crippen LogP contribution in [0.5, 0.6) is 5.75 Å². The smallest absolute Gasteiger partial charge is 0.408 e. The Balaban J connectivity index is 1.93. The zero-order valence-electron chi connectivity index (χ0n) is 16.1. The number of nitrogens with zero attached hydrogens (tertiary/aromatic N) is 2. The van der Waals surface area contributed by atoms with E-state index in [0.717, 1.165) is 16.7 Å². The third-order valence-corrected chi connectivity index (χ3v) is 3.42. The number of pyridine rings is 1. The lowest BCUT2D eigenvalue weighted by atomic mass is 10.2. The van der Waals surface area contributed by atoms with E-state index in [0.29, 0.717) is 5.69 Å². The summed E-state index contributed by atoms with van der Waals surface area (Å²) >= 11 is 0. The molecule has 0 saturated carbocycles. The van der Waals surface area contributed by atoms with Gasteiger partial charge in [-0.3, -0.25) is 4.79 Å². The summed E-state index contributed by atoms with van der Waals surface area (Å²) < 4.78 is 10.3. The lowest BCUT2D eigenvalue weighted by molar-refractivity contribution is -0.122. The molecule has 2 N–H and O–H groups in total. The Labute approximate surface area is 157 Å². The number of ether oxygens (including phenoxy) is 2. The van der Waals surface area contributed by atoms with Gasteiger partial charge in [0.25, 0.3) is 5.91 Å². The summed E-state index contributed by atoms with van der Waals surface area (Å²) in [6, 6.07) is 8.42. The molecule has 0 bridgehead atoms. The van der Waals surface area contributed by atoms with Crippen molar-refractivity contribution in [1.29, 1.82) is 0 Å². The number of carbonyl (C=O) groups excluding carboxylic acids is 2. The second kappa shape index (κ2) is 8.48. The standard InChI is InChI=1S/C19H24N4O4/c1-12(21-18(25)27-19(2,3)4)17(24)23-20-11-14-7-6-13-10-15(26-5)8-9-16(13)22-14/h6-12H,1-5H3,(H,21,25)(H,23,24)/t12-/m0/s1. The molecule has 2 rings (SSSR count). The van der Waals surface area contributed by atoms with E-state index in [4.69, 9.17) is 9.47 Å². The van der Waals surface area contributed by atoms with Crippen LogP contribution in [-0.2, 0) is 9.53 Å². The van der Waals surface area contributed by atoms with Gasteiger partial charge < -0.3 is 14.8 Å². The summed E-state index contributed by atoms with van der Waals surface area (Å²) in [5.41, 5.74) is 3.10. The van der Waals surface area contributed by atoms with E-state index in [2.05, 4.69) is 20.8 Å². The zero-order valence-corrected chi connectivity index (χ0v) is 16.1. The molecule has 8 nitrogen and oxygen atoms in total. The summed E-state index contributed by atoms with van der Waals surface area (Å²) in [5, 5.41) is 7.26. The van der Waals surface area contributed by atoms with Gasteiger partial charge in [-0.15, -0.1) is 0 Å². The van der Waals surface area contributed by atoms with Crippen LogP contribution >= 0.6 is 0 Å². The highest BCUT2D eigenvalue weighted by Crippen LogP contribution is 2.19. The van der Waals surface area contributed by atoms with Crippen LogP contribution in [0.2, 0.25) is 0 Å². The van der Waals surface area contributed by atoms with Crippen LogP contribution in [0, 0.1) is 0 Å². The Morgan fingerprint density at radius 1 is 1.22 bits per heavy atom. The molecule has 1 aromatic carbocycles. The molecule has 8 heteroatoms. The summed E-state index contributed by atoms with van der Waals surface area (Å²) in [4.78, 5) is 28.1. The first-order valence-corrected chi connectivity index (χ1v) is 8.45. The van der Waals surface area contributed by atoms with Crippen molar-refractivity contribution >= 4 is 29.1 Å². The predicted octanol–water partition coefficient (Wildman–Crippen LogP) is 2.61. The van der Waals surface area contributed by atoms with Gasteiger partial charge in [0.05, 0.1) is 24.5 Å². The maximum Gasteiger partial charge on any atom is 0.408 e. The van der Waals surface area contributed by atoms with Gasteiger partial charge >= 0.3 is 6.09 Å². The molecule has 144 valence electrons. The van der Waals surface area contributed by atoms with Crippen LogP contribution in [-0.4, -0.2) is 42.0 Å². The molecule has 0 aliphatic heterocycles. The molecule has 0 radical (unpaired) electrons. The van der Waals surface area contributed by atoms with Crippen molar-refractivity contribution in [3.8, 4) is 5.75 Å². The number of aromatic nitrogens is 1. The molecule has 0 aliphatic rings. The topological polar surface area (TPSA) is 102 Å². The van der Waals surface area contributed by atoms with E-state index in [9.17, 15) is 9.59 Å². The van der Waals surface area contributed by atoms with E-state index in [1.807, 2.05) is 24.3 Å². The van der Waals surface area contributed by atoms with Crippen molar-refractivity contribution in [3.63, 3.8) is 0 Å². The molecule has 2 aromatic rings. The second-order valence-corrected chi connectivity index (χ2v) is 6.90. The van der Waals surface area contributed by atoms with Gasteiger partial charge in [0.15, 0.2) is 0 Å². The Morgan fingerprint density at radius 2 is 1.96 bits per heavy atom. The number of methoxy groups -OCH3 is 1. The summed E-state index contributed by atoms with van der Waals surface area (Å²) in [5.74, 6) is 0.284. The highest BCUT2D eigenvalue weighted by Gasteiger charge is 2.20. The zero-order chi connectivity index (χ0) is 20.0. The van der Waals surface area contributed by atoms with Gasteiger partial charge in [0, 0.05) is 5.39 Å². The molecule has 27 heavy (non-hydrogen) atoms. The molecular weight excluding hydrogens is 348 g/mol. The SMILES string of the molecule is COc1ccc2nc(C=NNC(=O)[C@H](C)NC(=O)OC(C)(C)C)ccc2c1. The maximum absolute atomic E-state index is 12.0. The maximum atomic E-state index is 12.0. The van der Waals surface area contributed by atoms with Crippen LogP contribution in [0.15, 0.2) is 35.4 Å². The van der Waals surface area contributed by atoms with E-state index in [-0.39, 0.29) is 0 Å². The molecular formula is C19H24N4O4. The third-order valence-electron chi connectivity index (χ3n) is 3.42. The lowest BCUT2D eigenvalue weighted by Gasteiger charge is -2.21. The Morgan fingerprint density at radius 3 is 2.63 bits per heavy atom. The van der Waals surface area contributed by atoms with Crippen molar-refractivity contribution in [2.24, 2.45) is 5.10 Å². The molecule has 0 unspecified atom stereocenters. The number of carbonyl (C=O) groups is 2. The first-order chi connectivity index (χ1) is 12.7. The number of benzene rings is 1. The van der Waals surface area contributed by atoms with Gasteiger partial charge in [-0.1, -0.05) is 6.07 Å². The normalized spacial score (nSPS) is 12.6. The van der Waals surface area contributed by atoms with Crippen molar-refractivity contribution in [1.82, 2.24) is 15.7 Å². The minimum atomic E-state index is -0.797. The quantitative estimate of drug-likeness (QED) is 0.620. The summed E-state index contributed by atoms with van der Waals surface area (Å²) in [7, 11) is 1.61. The number of hydrazone groups is 1. The van der Waals surface area contributed by atoms with Gasteiger partial charge in [0.2, 0.25) is 0 Å². The van der Waals surface area contributed by atoms with Crippen molar-refractivity contribution in [3.05, 3.63) is 36.0 Å².